The zero-order valence-electron chi connectivity index (χ0n) is 18.9. The Balaban J connectivity index is 1.59. The number of ether oxygens (including phenoxy) is 3. The quantitative estimate of drug-likeness (QED) is 0.281. The zero-order valence-corrected chi connectivity index (χ0v) is 20.5. The minimum Gasteiger partial charge on any atom is -0.497 e. The molecule has 1 aliphatic heterocycles. The third-order valence-electron chi connectivity index (χ3n) is 5.27. The van der Waals surface area contributed by atoms with Crippen molar-refractivity contribution >= 4 is 52.5 Å². The number of amides is 2. The molecule has 1 fully saturated rings. The van der Waals surface area contributed by atoms with E-state index in [2.05, 4.69) is 5.32 Å². The molecule has 35 heavy (non-hydrogen) atoms. The maximum absolute atomic E-state index is 13.2. The number of carbonyl (C=O) groups excluding carboxylic acids is 2. The van der Waals surface area contributed by atoms with Gasteiger partial charge in [0.25, 0.3) is 11.8 Å². The standard InChI is InChI=1S/C26H21ClN2O5S/c1-32-19-10-8-18(9-11-19)29-25(31)20(24(30)28-26(29)35)13-16-7-12-22(23(14-16)33-2)34-15-17-5-3-4-6-21(17)27/h3-14H,15H2,1-2H3,(H,28,30,35)/b20-13+. The van der Waals surface area contributed by atoms with E-state index in [0.29, 0.717) is 33.5 Å². The molecule has 178 valence electrons. The van der Waals surface area contributed by atoms with Gasteiger partial charge >= 0.3 is 0 Å². The molecular formula is C26H21ClN2O5S. The van der Waals surface area contributed by atoms with E-state index < -0.39 is 11.8 Å². The Morgan fingerprint density at radius 2 is 1.71 bits per heavy atom. The number of anilines is 1. The van der Waals surface area contributed by atoms with Crippen LogP contribution in [0.15, 0.2) is 72.3 Å². The second kappa shape index (κ2) is 10.6. The van der Waals surface area contributed by atoms with Crippen molar-refractivity contribution in [3.63, 3.8) is 0 Å². The Morgan fingerprint density at radius 1 is 0.971 bits per heavy atom. The van der Waals surface area contributed by atoms with Crippen LogP contribution in [0.1, 0.15) is 11.1 Å². The van der Waals surface area contributed by atoms with Gasteiger partial charge in [-0.3, -0.25) is 19.8 Å². The van der Waals surface area contributed by atoms with Crippen LogP contribution in [0.4, 0.5) is 5.69 Å². The number of hydrogen-bond acceptors (Lipinski definition) is 6. The minimum absolute atomic E-state index is 0.00298. The van der Waals surface area contributed by atoms with Crippen LogP contribution in [0.2, 0.25) is 5.02 Å². The Bertz CT molecular complexity index is 1320. The summed E-state index contributed by atoms with van der Waals surface area (Å²) in [5, 5.41) is 3.18. The van der Waals surface area contributed by atoms with E-state index in [9.17, 15) is 9.59 Å². The van der Waals surface area contributed by atoms with Crippen molar-refractivity contribution < 1.29 is 23.8 Å². The van der Waals surface area contributed by atoms with E-state index >= 15 is 0 Å². The number of benzene rings is 3. The number of halogens is 1. The number of carbonyl (C=O) groups is 2. The molecule has 3 aromatic rings. The Morgan fingerprint density at radius 3 is 2.40 bits per heavy atom. The molecule has 1 aliphatic rings. The third kappa shape index (κ3) is 5.29. The highest BCUT2D eigenvalue weighted by Crippen LogP contribution is 2.31. The van der Waals surface area contributed by atoms with Gasteiger partial charge in [-0.15, -0.1) is 0 Å². The van der Waals surface area contributed by atoms with Gasteiger partial charge in [-0.25, -0.2) is 0 Å². The average molecular weight is 509 g/mol. The van der Waals surface area contributed by atoms with Crippen LogP contribution in [-0.4, -0.2) is 31.1 Å². The number of nitrogens with one attached hydrogen (secondary N) is 1. The van der Waals surface area contributed by atoms with Crippen molar-refractivity contribution in [3.05, 3.63) is 88.5 Å². The van der Waals surface area contributed by atoms with Gasteiger partial charge < -0.3 is 14.2 Å². The van der Waals surface area contributed by atoms with E-state index in [0.717, 1.165) is 5.56 Å². The van der Waals surface area contributed by atoms with E-state index in [1.807, 2.05) is 18.2 Å². The van der Waals surface area contributed by atoms with E-state index in [-0.39, 0.29) is 17.3 Å². The highest BCUT2D eigenvalue weighted by Gasteiger charge is 2.34. The highest BCUT2D eigenvalue weighted by molar-refractivity contribution is 7.80. The molecule has 7 nitrogen and oxygen atoms in total. The van der Waals surface area contributed by atoms with E-state index in [4.69, 9.17) is 38.0 Å². The van der Waals surface area contributed by atoms with Crippen LogP contribution in [0, 0.1) is 0 Å². The lowest BCUT2D eigenvalue weighted by atomic mass is 10.1. The molecule has 4 rings (SSSR count). The van der Waals surface area contributed by atoms with Crippen molar-refractivity contribution in [2.45, 2.75) is 6.61 Å². The minimum atomic E-state index is -0.581. The van der Waals surface area contributed by atoms with Gasteiger partial charge in [0.05, 0.1) is 19.9 Å². The molecule has 0 spiro atoms. The Labute approximate surface area is 212 Å². The molecule has 0 radical (unpaired) electrons. The van der Waals surface area contributed by atoms with Crippen molar-refractivity contribution in [3.8, 4) is 17.2 Å². The number of hydrogen-bond donors (Lipinski definition) is 1. The maximum Gasteiger partial charge on any atom is 0.270 e. The molecule has 0 aromatic heterocycles. The van der Waals surface area contributed by atoms with Gasteiger partial charge in [-0.1, -0.05) is 35.9 Å². The first-order valence-corrected chi connectivity index (χ1v) is 11.3. The Hall–Kier alpha value is -3.88. The van der Waals surface area contributed by atoms with Gasteiger partial charge in [-0.05, 0) is 66.3 Å². The summed E-state index contributed by atoms with van der Waals surface area (Å²) in [6, 6.07) is 19.3. The smallest absolute Gasteiger partial charge is 0.270 e. The van der Waals surface area contributed by atoms with Crippen molar-refractivity contribution in [1.29, 1.82) is 0 Å². The summed E-state index contributed by atoms with van der Waals surface area (Å²) in [6.45, 7) is 0.256. The SMILES string of the molecule is COc1ccc(N2C(=O)/C(=C/c3ccc(OCc4ccccc4Cl)c(OC)c3)C(=O)NC2=S)cc1. The van der Waals surface area contributed by atoms with Gasteiger partial charge in [0.1, 0.15) is 17.9 Å². The summed E-state index contributed by atoms with van der Waals surface area (Å²) in [5.41, 5.74) is 1.85. The van der Waals surface area contributed by atoms with Crippen molar-refractivity contribution in [2.24, 2.45) is 0 Å². The fourth-order valence-corrected chi connectivity index (χ4v) is 3.93. The zero-order chi connectivity index (χ0) is 24.9. The molecule has 0 aliphatic carbocycles. The molecule has 2 amide bonds. The monoisotopic (exact) mass is 508 g/mol. The number of thiocarbonyl (C=S) groups is 1. The number of methoxy groups -OCH3 is 2. The first-order valence-electron chi connectivity index (χ1n) is 10.5. The van der Waals surface area contributed by atoms with Crippen LogP contribution in [0.3, 0.4) is 0 Å². The predicted molar refractivity (Wildman–Crippen MR) is 138 cm³/mol. The molecule has 0 saturated carbocycles. The lowest BCUT2D eigenvalue weighted by Gasteiger charge is -2.29. The summed E-state index contributed by atoms with van der Waals surface area (Å²) in [6.07, 6.45) is 1.48. The summed E-state index contributed by atoms with van der Waals surface area (Å²) in [4.78, 5) is 27.1. The molecule has 1 heterocycles. The average Bonchev–Trinajstić information content (AvgIpc) is 2.86. The molecule has 1 N–H and O–H groups in total. The molecule has 0 atom stereocenters. The van der Waals surface area contributed by atoms with Gasteiger partial charge in [0, 0.05) is 10.6 Å². The van der Waals surface area contributed by atoms with Gasteiger partial charge in [0.15, 0.2) is 16.6 Å². The highest BCUT2D eigenvalue weighted by atomic mass is 35.5. The second-order valence-electron chi connectivity index (χ2n) is 7.45. The van der Waals surface area contributed by atoms with Crippen LogP contribution < -0.4 is 24.4 Å². The molecule has 3 aromatic carbocycles. The van der Waals surface area contributed by atoms with Crippen LogP contribution in [-0.2, 0) is 16.2 Å². The topological polar surface area (TPSA) is 77.1 Å². The van der Waals surface area contributed by atoms with Crippen molar-refractivity contribution in [1.82, 2.24) is 5.32 Å². The molecule has 0 unspecified atom stereocenters. The molecule has 9 heteroatoms. The first kappa shape index (κ1) is 24.3. The fraction of sp³-hybridized carbons (Fsp3) is 0.115. The van der Waals surface area contributed by atoms with Crippen molar-refractivity contribution in [2.75, 3.05) is 19.1 Å². The first-order chi connectivity index (χ1) is 16.9. The van der Waals surface area contributed by atoms with Crippen LogP contribution >= 0.6 is 23.8 Å². The molecular weight excluding hydrogens is 488 g/mol. The summed E-state index contributed by atoms with van der Waals surface area (Å²) < 4.78 is 16.5. The fourth-order valence-electron chi connectivity index (χ4n) is 3.45. The largest absolute Gasteiger partial charge is 0.497 e. The molecule has 0 bridgehead atoms. The predicted octanol–water partition coefficient (Wildman–Crippen LogP) is 4.77. The third-order valence-corrected chi connectivity index (χ3v) is 5.93. The Kier molecular flexibility index (Phi) is 7.33. The van der Waals surface area contributed by atoms with E-state index in [1.54, 1.807) is 55.6 Å². The van der Waals surface area contributed by atoms with Gasteiger partial charge in [0.2, 0.25) is 0 Å². The van der Waals surface area contributed by atoms with Crippen LogP contribution in [0.5, 0.6) is 17.2 Å². The summed E-state index contributed by atoms with van der Waals surface area (Å²) in [7, 11) is 3.06. The normalized spacial score (nSPS) is 14.7. The second-order valence-corrected chi connectivity index (χ2v) is 8.24. The number of rotatable bonds is 7. The van der Waals surface area contributed by atoms with E-state index in [1.165, 1.54) is 18.1 Å². The number of nitrogens with zero attached hydrogens (tertiary/aromatic N) is 1. The van der Waals surface area contributed by atoms with Gasteiger partial charge in [-0.2, -0.15) is 0 Å². The van der Waals surface area contributed by atoms with Crippen LogP contribution in [0.25, 0.3) is 6.08 Å². The lowest BCUT2D eigenvalue weighted by Crippen LogP contribution is -2.54. The summed E-state index contributed by atoms with van der Waals surface area (Å²) in [5.74, 6) is 0.449. The molecule has 1 saturated heterocycles. The lowest BCUT2D eigenvalue weighted by molar-refractivity contribution is -0.122. The summed E-state index contributed by atoms with van der Waals surface area (Å²) >= 11 is 11.4. The maximum atomic E-state index is 13.2.